The molecule has 318 valence electrons. The van der Waals surface area contributed by atoms with Crippen molar-refractivity contribution in [2.24, 2.45) is 35.1 Å². The average molecular weight is 845 g/mol. The van der Waals surface area contributed by atoms with E-state index in [0.29, 0.717) is 47.9 Å². The molecule has 6 aliphatic carbocycles. The van der Waals surface area contributed by atoms with Gasteiger partial charge in [0.1, 0.15) is 45.7 Å². The van der Waals surface area contributed by atoms with Gasteiger partial charge in [-0.15, -0.1) is 0 Å². The molecule has 0 aromatic heterocycles. The number of Topliss-reactive ketones (excluding diaryl/α,β-unsaturated/α-hetero) is 4. The molecule has 2 aromatic carbocycles. The number of carbonyl (C=O) groups excluding carboxylic acids is 6. The number of primary amides is 2. The maximum absolute atomic E-state index is 13.7. The second-order valence-electron chi connectivity index (χ2n) is 16.6. The number of ketones is 4. The smallest absolute Gasteiger partial charge is 0.255 e. The van der Waals surface area contributed by atoms with Crippen molar-refractivity contribution in [1.82, 2.24) is 0 Å². The van der Waals surface area contributed by atoms with Crippen LogP contribution in [0.4, 0.5) is 0 Å². The molecule has 0 aliphatic heterocycles. The first kappa shape index (κ1) is 41.6. The minimum Gasteiger partial charge on any atom is -0.508 e. The molecule has 2 saturated carbocycles. The SMILES string of the molecule is NC(=O)C1=C(O)[C@@]2(O)C(=O)C3=C(O)c4c(O)ccc(C#CCCCCC#Cc5ccc(O)c6c5C[C@H]5C[C@H]7CC(=O)C(C(N)=O)=C(O)[C@@]7(O)C(=O)C5=C6O)c4C[C@H]3C[C@H]2CC1=O. The third-order valence-electron chi connectivity index (χ3n) is 13.2. The number of rotatable bonds is 5. The Morgan fingerprint density at radius 2 is 0.968 bits per heavy atom. The second-order valence-corrected chi connectivity index (χ2v) is 16.6. The summed E-state index contributed by atoms with van der Waals surface area (Å²) in [5.41, 5.74) is 4.77. The number of amides is 2. The van der Waals surface area contributed by atoms with Crippen LogP contribution in [0.5, 0.6) is 11.5 Å². The van der Waals surface area contributed by atoms with Gasteiger partial charge in [-0.3, -0.25) is 28.8 Å². The van der Waals surface area contributed by atoms with Crippen LogP contribution in [0.15, 0.2) is 58.1 Å². The monoisotopic (exact) mass is 844 g/mol. The fraction of sp³-hybridized carbons (Fsp3) is 0.348. The van der Waals surface area contributed by atoms with Crippen LogP contribution >= 0.6 is 0 Å². The first-order valence-corrected chi connectivity index (χ1v) is 20.0. The van der Waals surface area contributed by atoms with Crippen LogP contribution in [0.25, 0.3) is 11.5 Å². The number of nitrogens with two attached hydrogens (primary N) is 2. The van der Waals surface area contributed by atoms with E-state index in [2.05, 4.69) is 23.7 Å². The predicted molar refractivity (Wildman–Crippen MR) is 215 cm³/mol. The van der Waals surface area contributed by atoms with Crippen LogP contribution in [0, 0.1) is 47.4 Å². The molecule has 0 radical (unpaired) electrons. The van der Waals surface area contributed by atoms with Crippen molar-refractivity contribution < 1.29 is 69.6 Å². The predicted octanol–water partition coefficient (Wildman–Crippen LogP) is 2.12. The summed E-state index contributed by atoms with van der Waals surface area (Å²) in [6, 6.07) is 5.78. The number of phenolic OH excluding ortho intramolecular Hbond substituents is 2. The van der Waals surface area contributed by atoms with Crippen LogP contribution in [0.3, 0.4) is 0 Å². The number of unbranched alkanes of at least 4 members (excludes halogenated alkanes) is 3. The summed E-state index contributed by atoms with van der Waals surface area (Å²) in [6.07, 6.45) is 1.50. The zero-order chi connectivity index (χ0) is 44.7. The minimum atomic E-state index is -2.66. The van der Waals surface area contributed by atoms with Crippen molar-refractivity contribution in [3.8, 4) is 35.2 Å². The largest absolute Gasteiger partial charge is 0.508 e. The number of fused-ring (bicyclic) bond motifs is 6. The van der Waals surface area contributed by atoms with Gasteiger partial charge in [0.2, 0.25) is 11.6 Å². The summed E-state index contributed by atoms with van der Waals surface area (Å²) in [6.45, 7) is 0. The fourth-order valence-electron chi connectivity index (χ4n) is 10.2. The summed E-state index contributed by atoms with van der Waals surface area (Å²) >= 11 is 0. The average Bonchev–Trinajstić information content (AvgIpc) is 3.19. The van der Waals surface area contributed by atoms with E-state index in [9.17, 15) is 69.6 Å². The Hall–Kier alpha value is -7.14. The van der Waals surface area contributed by atoms with Crippen LogP contribution in [-0.4, -0.2) is 87.0 Å². The van der Waals surface area contributed by atoms with E-state index in [1.165, 1.54) is 12.1 Å². The van der Waals surface area contributed by atoms with Gasteiger partial charge < -0.3 is 52.3 Å². The molecule has 62 heavy (non-hydrogen) atoms. The highest BCUT2D eigenvalue weighted by molar-refractivity contribution is 6.24. The van der Waals surface area contributed by atoms with Crippen LogP contribution in [0.2, 0.25) is 0 Å². The van der Waals surface area contributed by atoms with Crippen molar-refractivity contribution in [1.29, 1.82) is 0 Å². The van der Waals surface area contributed by atoms with E-state index in [0.717, 1.165) is 0 Å². The van der Waals surface area contributed by atoms with E-state index < -0.39 is 117 Å². The molecular formula is C46H40N2O14. The third kappa shape index (κ3) is 6.01. The highest BCUT2D eigenvalue weighted by Crippen LogP contribution is 2.54. The molecule has 6 aliphatic rings. The van der Waals surface area contributed by atoms with Crippen LogP contribution in [0.1, 0.15) is 84.7 Å². The third-order valence-corrected chi connectivity index (χ3v) is 13.2. The number of hydrogen-bond acceptors (Lipinski definition) is 14. The van der Waals surface area contributed by atoms with Gasteiger partial charge >= 0.3 is 0 Å². The normalized spacial score (nSPS) is 27.5. The zero-order valence-corrected chi connectivity index (χ0v) is 32.9. The zero-order valence-electron chi connectivity index (χ0n) is 32.9. The van der Waals surface area contributed by atoms with Crippen molar-refractivity contribution in [3.63, 3.8) is 0 Å². The minimum absolute atomic E-state index is 0.00482. The highest BCUT2D eigenvalue weighted by atomic mass is 16.4. The number of aromatic hydroxyl groups is 2. The summed E-state index contributed by atoms with van der Waals surface area (Å²) in [5.74, 6) is -1.79. The molecule has 8 rings (SSSR count). The van der Waals surface area contributed by atoms with Crippen LogP contribution < -0.4 is 11.5 Å². The van der Waals surface area contributed by atoms with Crippen molar-refractivity contribution in [3.05, 3.63) is 91.5 Å². The number of aliphatic hydroxyl groups excluding tert-OH is 4. The first-order chi connectivity index (χ1) is 29.3. The Morgan fingerprint density at radius 1 is 0.597 bits per heavy atom. The topological polar surface area (TPSA) is 316 Å². The lowest BCUT2D eigenvalue weighted by atomic mass is 9.59. The Kier molecular flexibility index (Phi) is 9.92. The molecule has 2 fully saturated rings. The lowest BCUT2D eigenvalue weighted by molar-refractivity contribution is -0.148. The summed E-state index contributed by atoms with van der Waals surface area (Å²) in [7, 11) is 0. The Bertz CT molecular complexity index is 2580. The van der Waals surface area contributed by atoms with Crippen molar-refractivity contribution in [2.45, 2.75) is 75.4 Å². The molecule has 0 unspecified atom stereocenters. The van der Waals surface area contributed by atoms with Gasteiger partial charge in [0.25, 0.3) is 11.8 Å². The highest BCUT2D eigenvalue weighted by Gasteiger charge is 2.62. The van der Waals surface area contributed by atoms with Crippen molar-refractivity contribution >= 4 is 46.5 Å². The number of phenols is 2. The van der Waals surface area contributed by atoms with Gasteiger partial charge in [-0.1, -0.05) is 23.7 Å². The van der Waals surface area contributed by atoms with Crippen molar-refractivity contribution in [2.75, 3.05) is 0 Å². The van der Waals surface area contributed by atoms with E-state index in [1.54, 1.807) is 12.1 Å². The maximum atomic E-state index is 13.7. The van der Waals surface area contributed by atoms with E-state index >= 15 is 0 Å². The Morgan fingerprint density at radius 3 is 1.32 bits per heavy atom. The summed E-state index contributed by atoms with van der Waals surface area (Å²) < 4.78 is 0. The molecule has 0 spiro atoms. The van der Waals surface area contributed by atoms with E-state index in [4.69, 9.17) is 11.5 Å². The Labute approximate surface area is 352 Å². The standard InChI is InChI=1S/C46H40N2O14/c47-43(59)35-29(51)17-23-13-21-15-25-19(9-11-27(49)33(25)37(53)31(21)39(55)45(23,61)41(35)57)7-5-3-1-2-4-6-8-20-10-12-28(50)34-26(20)16-22-14-24-18-30(52)36(44(48)60)42(58)46(24,62)40(56)32(22)38(34)54/h9-12,21-24,49-50,53-54,57-58,61-62H,1-4,13-18H2,(H2,47,59)(H2,48,60)/t21-,22-,23+,24+,45+,46+/m1/s1. The molecule has 0 saturated heterocycles. The molecular weight excluding hydrogens is 805 g/mol. The molecule has 0 heterocycles. The Balaban J connectivity index is 0.963. The second kappa shape index (κ2) is 14.8. The van der Waals surface area contributed by atoms with Gasteiger partial charge in [0.05, 0.1) is 11.1 Å². The molecule has 2 amide bonds. The van der Waals surface area contributed by atoms with Gasteiger partial charge in [-0.25, -0.2) is 0 Å². The number of benzene rings is 2. The molecule has 12 N–H and O–H groups in total. The van der Waals surface area contributed by atoms with E-state index in [1.807, 2.05) is 0 Å². The number of aliphatic hydroxyl groups is 6. The van der Waals surface area contributed by atoms with Gasteiger partial charge in [0.15, 0.2) is 22.8 Å². The molecule has 16 nitrogen and oxygen atoms in total. The molecule has 6 atom stereocenters. The number of hydrogen-bond donors (Lipinski definition) is 10. The van der Waals surface area contributed by atoms with Gasteiger partial charge in [-0.05, 0) is 85.8 Å². The molecule has 16 heteroatoms. The summed E-state index contributed by atoms with van der Waals surface area (Å²) in [5, 5.41) is 88.7. The lowest BCUT2D eigenvalue weighted by Crippen LogP contribution is -2.58. The van der Waals surface area contributed by atoms with E-state index in [-0.39, 0.29) is 59.5 Å². The molecule has 2 aromatic rings. The number of carbonyl (C=O) groups is 6. The first-order valence-electron chi connectivity index (χ1n) is 20.0. The van der Waals surface area contributed by atoms with Gasteiger partial charge in [-0.2, -0.15) is 0 Å². The lowest BCUT2D eigenvalue weighted by Gasteiger charge is -2.46. The van der Waals surface area contributed by atoms with Gasteiger partial charge in [0, 0.05) is 59.8 Å². The quantitative estimate of drug-likeness (QED) is 0.117. The fourth-order valence-corrected chi connectivity index (χ4v) is 10.2. The maximum Gasteiger partial charge on any atom is 0.255 e. The summed E-state index contributed by atoms with van der Waals surface area (Å²) in [4.78, 5) is 76.6. The molecule has 0 bridgehead atoms. The van der Waals surface area contributed by atoms with Crippen LogP contribution in [-0.2, 0) is 41.6 Å².